The van der Waals surface area contributed by atoms with E-state index in [1.54, 1.807) is 13.0 Å². The molecular weight excluding hydrogens is 384 g/mol. The Kier molecular flexibility index (Phi) is 7.56. The van der Waals surface area contributed by atoms with Crippen LogP contribution in [0.15, 0.2) is 23.1 Å². The van der Waals surface area contributed by atoms with Crippen molar-refractivity contribution >= 4 is 21.9 Å². The zero-order valence-corrected chi connectivity index (χ0v) is 17.5. The number of nitrogens with one attached hydrogen (secondary N) is 1. The van der Waals surface area contributed by atoms with Crippen LogP contribution in [0.5, 0.6) is 0 Å². The lowest BCUT2D eigenvalue weighted by atomic mass is 9.98. The highest BCUT2D eigenvalue weighted by atomic mass is 32.2. The van der Waals surface area contributed by atoms with Crippen molar-refractivity contribution < 1.29 is 27.5 Å². The number of carbonyl (C=O) groups excluding carboxylic acids is 2. The predicted octanol–water partition coefficient (Wildman–Crippen LogP) is 1.33. The Hall–Kier alpha value is -1.97. The summed E-state index contributed by atoms with van der Waals surface area (Å²) in [6, 6.07) is 3.64. The van der Waals surface area contributed by atoms with Gasteiger partial charge in [-0.25, -0.2) is 13.2 Å². The molecule has 1 aromatic carbocycles. The molecule has 0 aliphatic carbocycles. The van der Waals surface area contributed by atoms with Crippen molar-refractivity contribution in [1.29, 1.82) is 0 Å². The molecular formula is C19H28N2O6S. The molecule has 2 atom stereocenters. The molecule has 1 aliphatic heterocycles. The first-order valence-corrected chi connectivity index (χ1v) is 10.7. The van der Waals surface area contributed by atoms with Gasteiger partial charge in [0.2, 0.25) is 10.0 Å². The Morgan fingerprint density at radius 2 is 1.93 bits per heavy atom. The molecule has 0 saturated carbocycles. The van der Waals surface area contributed by atoms with Gasteiger partial charge in [0, 0.05) is 18.7 Å². The lowest BCUT2D eigenvalue weighted by molar-refractivity contribution is -0.144. The molecule has 156 valence electrons. The molecule has 0 unspecified atom stereocenters. The second-order valence-corrected chi connectivity index (χ2v) is 8.79. The SMILES string of the molecule is CC[C@H](C)[C@H](NC(=O)c1cc(S(=O)(=O)N2CCOCC2)ccc1C)C(=O)OC. The van der Waals surface area contributed by atoms with E-state index in [2.05, 4.69) is 5.32 Å². The van der Waals surface area contributed by atoms with E-state index in [1.165, 1.54) is 23.5 Å². The number of hydrogen-bond acceptors (Lipinski definition) is 6. The molecule has 0 bridgehead atoms. The van der Waals surface area contributed by atoms with Crippen molar-refractivity contribution in [1.82, 2.24) is 9.62 Å². The highest BCUT2D eigenvalue weighted by Crippen LogP contribution is 2.21. The Labute approximate surface area is 166 Å². The minimum absolute atomic E-state index is 0.0447. The Morgan fingerprint density at radius 3 is 2.50 bits per heavy atom. The van der Waals surface area contributed by atoms with Crippen LogP contribution in [-0.4, -0.2) is 64.1 Å². The largest absolute Gasteiger partial charge is 0.467 e. The molecule has 1 saturated heterocycles. The third-order valence-corrected chi connectivity index (χ3v) is 6.91. The number of sulfonamides is 1. The van der Waals surface area contributed by atoms with Crippen molar-refractivity contribution in [3.8, 4) is 0 Å². The van der Waals surface area contributed by atoms with Crippen LogP contribution in [0.25, 0.3) is 0 Å². The fraction of sp³-hybridized carbons (Fsp3) is 0.579. The Morgan fingerprint density at radius 1 is 1.29 bits per heavy atom. The van der Waals surface area contributed by atoms with Crippen LogP contribution in [-0.2, 0) is 24.3 Å². The fourth-order valence-electron chi connectivity index (χ4n) is 2.96. The normalized spacial score (nSPS) is 17.6. The van der Waals surface area contributed by atoms with E-state index in [-0.39, 0.29) is 29.5 Å². The van der Waals surface area contributed by atoms with Gasteiger partial charge in [0.1, 0.15) is 6.04 Å². The first kappa shape index (κ1) is 22.3. The summed E-state index contributed by atoms with van der Waals surface area (Å²) in [5.74, 6) is -1.17. The number of rotatable bonds is 7. The highest BCUT2D eigenvalue weighted by Gasteiger charge is 2.30. The van der Waals surface area contributed by atoms with E-state index in [1.807, 2.05) is 13.8 Å². The quantitative estimate of drug-likeness (QED) is 0.678. The number of benzene rings is 1. The molecule has 9 heteroatoms. The van der Waals surface area contributed by atoms with Crippen molar-refractivity contribution in [2.45, 2.75) is 38.1 Å². The number of esters is 1. The van der Waals surface area contributed by atoms with Crippen molar-refractivity contribution in [2.75, 3.05) is 33.4 Å². The zero-order valence-electron chi connectivity index (χ0n) is 16.7. The number of ether oxygens (including phenoxy) is 2. The molecule has 1 aliphatic rings. The minimum atomic E-state index is -3.72. The first-order chi connectivity index (χ1) is 13.2. The maximum absolute atomic E-state index is 12.9. The number of hydrogen-bond donors (Lipinski definition) is 1. The van der Waals surface area contributed by atoms with Crippen LogP contribution >= 0.6 is 0 Å². The molecule has 1 amide bonds. The maximum Gasteiger partial charge on any atom is 0.328 e. The monoisotopic (exact) mass is 412 g/mol. The Bertz CT molecular complexity index is 818. The second kappa shape index (κ2) is 9.49. The first-order valence-electron chi connectivity index (χ1n) is 9.29. The number of methoxy groups -OCH3 is 1. The highest BCUT2D eigenvalue weighted by molar-refractivity contribution is 7.89. The van der Waals surface area contributed by atoms with E-state index in [9.17, 15) is 18.0 Å². The van der Waals surface area contributed by atoms with E-state index in [0.29, 0.717) is 25.2 Å². The molecule has 1 heterocycles. The van der Waals surface area contributed by atoms with Crippen LogP contribution in [0.2, 0.25) is 0 Å². The van der Waals surface area contributed by atoms with Gasteiger partial charge >= 0.3 is 5.97 Å². The number of carbonyl (C=O) groups is 2. The summed E-state index contributed by atoms with van der Waals surface area (Å²) in [4.78, 5) is 24.9. The summed E-state index contributed by atoms with van der Waals surface area (Å²) in [6.07, 6.45) is 0.671. The molecule has 0 radical (unpaired) electrons. The topological polar surface area (TPSA) is 102 Å². The number of amides is 1. The van der Waals surface area contributed by atoms with Gasteiger partial charge in [-0.2, -0.15) is 4.31 Å². The van der Waals surface area contributed by atoms with Crippen molar-refractivity contribution in [3.05, 3.63) is 29.3 Å². The molecule has 0 aromatic heterocycles. The summed E-state index contributed by atoms with van der Waals surface area (Å²) in [5.41, 5.74) is 0.831. The van der Waals surface area contributed by atoms with E-state index in [0.717, 1.165) is 0 Å². The number of morpholine rings is 1. The lowest BCUT2D eigenvalue weighted by Crippen LogP contribution is -2.46. The Balaban J connectivity index is 2.31. The van der Waals surface area contributed by atoms with Gasteiger partial charge in [0.05, 0.1) is 25.2 Å². The maximum atomic E-state index is 12.9. The van der Waals surface area contributed by atoms with Crippen LogP contribution in [0.1, 0.15) is 36.2 Å². The van der Waals surface area contributed by atoms with Crippen LogP contribution < -0.4 is 5.32 Å². The summed E-state index contributed by atoms with van der Waals surface area (Å²) in [6.45, 7) is 6.70. The third kappa shape index (κ3) is 4.89. The third-order valence-electron chi connectivity index (χ3n) is 5.02. The van der Waals surface area contributed by atoms with Crippen molar-refractivity contribution in [3.63, 3.8) is 0 Å². The summed E-state index contributed by atoms with van der Waals surface area (Å²) < 4.78 is 37.1. The van der Waals surface area contributed by atoms with Gasteiger partial charge in [-0.3, -0.25) is 4.79 Å². The molecule has 1 fully saturated rings. The van der Waals surface area contributed by atoms with Gasteiger partial charge in [0.15, 0.2) is 0 Å². The predicted molar refractivity (Wildman–Crippen MR) is 103 cm³/mol. The van der Waals surface area contributed by atoms with E-state index >= 15 is 0 Å². The molecule has 28 heavy (non-hydrogen) atoms. The van der Waals surface area contributed by atoms with Crippen LogP contribution in [0.3, 0.4) is 0 Å². The van der Waals surface area contributed by atoms with E-state index in [4.69, 9.17) is 9.47 Å². The molecule has 2 rings (SSSR count). The van der Waals surface area contributed by atoms with E-state index < -0.39 is 27.9 Å². The molecule has 8 nitrogen and oxygen atoms in total. The number of aryl methyl sites for hydroxylation is 1. The average molecular weight is 413 g/mol. The van der Waals surface area contributed by atoms with Crippen molar-refractivity contribution in [2.24, 2.45) is 5.92 Å². The lowest BCUT2D eigenvalue weighted by Gasteiger charge is -2.26. The summed E-state index contributed by atoms with van der Waals surface area (Å²) >= 11 is 0. The fourth-order valence-corrected chi connectivity index (χ4v) is 4.39. The standard InChI is InChI=1S/C19H28N2O6S/c1-5-13(2)17(19(23)26-4)20-18(22)16-12-15(7-6-14(16)3)28(24,25)21-8-10-27-11-9-21/h6-7,12-13,17H,5,8-11H2,1-4H3,(H,20,22)/t13-,17-/m0/s1. The summed E-state index contributed by atoms with van der Waals surface area (Å²) in [7, 11) is -2.46. The smallest absolute Gasteiger partial charge is 0.328 e. The molecule has 1 aromatic rings. The molecule has 0 spiro atoms. The van der Waals surface area contributed by atoms with Gasteiger partial charge < -0.3 is 14.8 Å². The van der Waals surface area contributed by atoms with Gasteiger partial charge in [-0.05, 0) is 30.5 Å². The second-order valence-electron chi connectivity index (χ2n) is 6.85. The average Bonchev–Trinajstić information content (AvgIpc) is 2.71. The molecule has 1 N–H and O–H groups in total. The summed E-state index contributed by atoms with van der Waals surface area (Å²) in [5, 5.41) is 2.69. The van der Waals surface area contributed by atoms with Crippen LogP contribution in [0, 0.1) is 12.8 Å². The number of nitrogens with zero attached hydrogens (tertiary/aromatic N) is 1. The van der Waals surface area contributed by atoms with Gasteiger partial charge in [-0.15, -0.1) is 0 Å². The van der Waals surface area contributed by atoms with Crippen LogP contribution in [0.4, 0.5) is 0 Å². The minimum Gasteiger partial charge on any atom is -0.467 e. The van der Waals surface area contributed by atoms with Gasteiger partial charge in [0.25, 0.3) is 5.91 Å². The van der Waals surface area contributed by atoms with Gasteiger partial charge in [-0.1, -0.05) is 26.3 Å². The zero-order chi connectivity index (χ0) is 20.9.